The minimum Gasteiger partial charge on any atom is 1.00 e. The summed E-state index contributed by atoms with van der Waals surface area (Å²) in [4.78, 5) is 0. The minimum absolute atomic E-state index is 0. The van der Waals surface area contributed by atoms with Crippen LogP contribution in [0.15, 0.2) is 0 Å². The van der Waals surface area contributed by atoms with Gasteiger partial charge in [0.05, 0.1) is 0 Å². The average Bonchev–Trinajstić information content (AvgIpc) is 0.592. The molecule has 0 rings (SSSR count). The van der Waals surface area contributed by atoms with Gasteiger partial charge in [-0.25, -0.2) is 0 Å². The van der Waals surface area contributed by atoms with Crippen LogP contribution in [0.4, 0.5) is 0 Å². The molecule has 0 amide bonds. The Kier molecular flexibility index (Phi) is 11.4. The third-order valence-electron chi connectivity index (χ3n) is 0. The second-order valence-corrected chi connectivity index (χ2v) is 38.0. The molecule has 0 spiro atoms. The number of rotatable bonds is 0. The van der Waals surface area contributed by atoms with Crippen LogP contribution >= 0.6 is 58.1 Å². The van der Waals surface area contributed by atoms with Crippen molar-refractivity contribution in [2.75, 3.05) is 0 Å². The minimum atomic E-state index is -5.15. The third kappa shape index (κ3) is 58.1. The van der Waals surface area contributed by atoms with Crippen LogP contribution in [0.3, 0.4) is 0 Å². The first-order chi connectivity index (χ1) is 2.45. The van der Waals surface area contributed by atoms with Crippen molar-refractivity contribution in [3.63, 3.8) is 0 Å². The quantitative estimate of drug-likeness (QED) is 0.424. The van der Waals surface area contributed by atoms with Crippen LogP contribution in [0.25, 0.3) is 0 Å². The van der Waals surface area contributed by atoms with E-state index in [4.69, 9.17) is 58.1 Å². The molecule has 53 valence electrons. The van der Waals surface area contributed by atoms with Crippen molar-refractivity contribution in [3.05, 3.63) is 0 Å². The van der Waals surface area contributed by atoms with Crippen molar-refractivity contribution >= 4 is 58.1 Å². The molecule has 9 heavy (non-hydrogen) atoms. The van der Waals surface area contributed by atoms with Crippen molar-refractivity contribution in [1.82, 2.24) is 0 Å². The van der Waals surface area contributed by atoms with Gasteiger partial charge in [0.1, 0.15) is 0 Å². The Labute approximate surface area is 162 Å². The Hall–Kier alpha value is 5.64. The fourth-order valence-electron chi connectivity index (χ4n) is 0. The SMILES string of the molecule is [Cl][Rh-2]([Cl])([Cl])([Cl])([Cl])[Cl].[K+].[K+]. The Balaban J connectivity index is -0.000000180. The molecule has 0 aromatic rings. The van der Waals surface area contributed by atoms with Gasteiger partial charge in [-0.1, -0.05) is 0 Å². The van der Waals surface area contributed by atoms with E-state index in [2.05, 4.69) is 0 Å². The fraction of sp³-hybridized carbons (Fsp3) is 0. The molecule has 0 aromatic carbocycles. The number of hydrogen-bond donors (Lipinski definition) is 0. The zero-order valence-corrected chi connectivity index (χ0v) is 17.0. The van der Waals surface area contributed by atoms with Gasteiger partial charge in [0.2, 0.25) is 0 Å². The molecule has 0 atom stereocenters. The predicted octanol–water partition coefficient (Wildman–Crippen LogP) is -1.86. The van der Waals surface area contributed by atoms with Crippen LogP contribution in [-0.4, -0.2) is 0 Å². The van der Waals surface area contributed by atoms with Gasteiger partial charge < -0.3 is 0 Å². The Morgan fingerprint density at radius 1 is 0.556 bits per heavy atom. The van der Waals surface area contributed by atoms with Gasteiger partial charge in [-0.3, -0.25) is 0 Å². The van der Waals surface area contributed by atoms with E-state index in [0.29, 0.717) is 0 Å². The van der Waals surface area contributed by atoms with Gasteiger partial charge in [0.25, 0.3) is 0 Å². The summed E-state index contributed by atoms with van der Waals surface area (Å²) in [5.41, 5.74) is 0. The van der Waals surface area contributed by atoms with E-state index < -0.39 is 6.48 Å². The van der Waals surface area contributed by atoms with E-state index >= 15 is 0 Å². The average molecular weight is 394 g/mol. The van der Waals surface area contributed by atoms with Crippen molar-refractivity contribution in [1.29, 1.82) is 0 Å². The molecule has 0 aliphatic heterocycles. The molecule has 0 unspecified atom stereocenters. The smallest absolute Gasteiger partial charge is 1.00 e. The van der Waals surface area contributed by atoms with Crippen LogP contribution in [0.5, 0.6) is 0 Å². The summed E-state index contributed by atoms with van der Waals surface area (Å²) in [6.45, 7) is -5.15. The summed E-state index contributed by atoms with van der Waals surface area (Å²) in [7, 11) is 30.2. The molecule has 0 N–H and O–H groups in total. The van der Waals surface area contributed by atoms with Crippen LogP contribution in [-0.2, 0) is 6.48 Å². The molecule has 0 aliphatic carbocycles. The van der Waals surface area contributed by atoms with Crippen molar-refractivity contribution in [2.24, 2.45) is 0 Å². The second kappa shape index (κ2) is 5.11. The van der Waals surface area contributed by atoms with E-state index in [9.17, 15) is 0 Å². The van der Waals surface area contributed by atoms with Gasteiger partial charge >= 0.3 is 167 Å². The largest absolute Gasteiger partial charge is 1.00 e. The summed E-state index contributed by atoms with van der Waals surface area (Å²) in [6.07, 6.45) is 0. The maximum absolute atomic E-state index is 5.15. The number of hydrogen-bond acceptors (Lipinski definition) is 0. The van der Waals surface area contributed by atoms with Crippen LogP contribution < -0.4 is 103 Å². The molecular formula is Cl6K2Rh. The van der Waals surface area contributed by atoms with Crippen LogP contribution in [0.2, 0.25) is 0 Å². The van der Waals surface area contributed by atoms with Crippen molar-refractivity contribution in [3.8, 4) is 0 Å². The fourth-order valence-corrected chi connectivity index (χ4v) is 0. The van der Waals surface area contributed by atoms with Crippen LogP contribution in [0.1, 0.15) is 0 Å². The standard InChI is InChI=1S/6ClH.2K.Rh/h6*1H;;;/q;;;;;;2*+1;+4/p-6. The first-order valence-corrected chi connectivity index (χ1v) is 13.4. The second-order valence-electron chi connectivity index (χ2n) is 0.714. The molecule has 0 fully saturated rings. The summed E-state index contributed by atoms with van der Waals surface area (Å²) in [5, 5.41) is 0. The zero-order chi connectivity index (χ0) is 6.41. The molecule has 9 heteroatoms. The Bertz CT molecular complexity index is 69.6. The van der Waals surface area contributed by atoms with Gasteiger partial charge in [0, 0.05) is 0 Å². The van der Waals surface area contributed by atoms with E-state index in [0.717, 1.165) is 0 Å². The Morgan fingerprint density at radius 2 is 0.556 bits per heavy atom. The molecule has 0 nitrogen and oxygen atoms in total. The predicted molar refractivity (Wildman–Crippen MR) is 35.1 cm³/mol. The van der Waals surface area contributed by atoms with E-state index in [-0.39, 0.29) is 103 Å². The van der Waals surface area contributed by atoms with Gasteiger partial charge in [-0.2, -0.15) is 0 Å². The third-order valence-corrected chi connectivity index (χ3v) is 0. The molecule has 0 saturated carbocycles. The van der Waals surface area contributed by atoms with Crippen molar-refractivity contribution in [2.45, 2.75) is 0 Å². The normalized spacial score (nSPS) is 18.0. The molecule has 0 saturated heterocycles. The van der Waals surface area contributed by atoms with Crippen molar-refractivity contribution < 1.29 is 109 Å². The van der Waals surface area contributed by atoms with Gasteiger partial charge in [-0.05, 0) is 0 Å². The summed E-state index contributed by atoms with van der Waals surface area (Å²) in [5.74, 6) is 0. The molecule has 0 radical (unpaired) electrons. The number of halogens is 6. The molecule has 0 bridgehead atoms. The Morgan fingerprint density at radius 3 is 0.556 bits per heavy atom. The molecular weight excluding hydrogens is 394 g/mol. The summed E-state index contributed by atoms with van der Waals surface area (Å²) < 4.78 is 0. The zero-order valence-electron chi connectivity index (χ0n) is 4.60. The first kappa shape index (κ1) is 20.1. The molecule has 0 aliphatic rings. The monoisotopic (exact) mass is 391 g/mol. The molecule has 0 aromatic heterocycles. The first-order valence-electron chi connectivity index (χ1n) is 0.756. The van der Waals surface area contributed by atoms with E-state index in [1.165, 1.54) is 0 Å². The maximum Gasteiger partial charge on any atom is 1.00 e. The van der Waals surface area contributed by atoms with Gasteiger partial charge in [-0.15, -0.1) is 0 Å². The molecule has 0 heterocycles. The van der Waals surface area contributed by atoms with Crippen LogP contribution in [0, 0.1) is 0 Å². The summed E-state index contributed by atoms with van der Waals surface area (Å²) >= 11 is 0. The maximum atomic E-state index is 5.04. The topological polar surface area (TPSA) is 0 Å². The van der Waals surface area contributed by atoms with E-state index in [1.54, 1.807) is 0 Å². The van der Waals surface area contributed by atoms with Gasteiger partial charge in [0.15, 0.2) is 0 Å². The summed E-state index contributed by atoms with van der Waals surface area (Å²) in [6, 6.07) is 0. The van der Waals surface area contributed by atoms with E-state index in [1.807, 2.05) is 0 Å².